The summed E-state index contributed by atoms with van der Waals surface area (Å²) in [5.74, 6) is -0.500. The number of carbonyl (C=O) groups is 1. The van der Waals surface area contributed by atoms with Gasteiger partial charge in [0.1, 0.15) is 12.3 Å². The van der Waals surface area contributed by atoms with Crippen molar-refractivity contribution in [2.45, 2.75) is 6.54 Å². The van der Waals surface area contributed by atoms with Crippen LogP contribution in [-0.4, -0.2) is 24.7 Å². The van der Waals surface area contributed by atoms with Crippen molar-refractivity contribution in [3.8, 4) is 5.75 Å². The number of ether oxygens (including phenoxy) is 1. The Labute approximate surface area is 150 Å². The quantitative estimate of drug-likeness (QED) is 0.503. The third kappa shape index (κ3) is 3.06. The van der Waals surface area contributed by atoms with Crippen LogP contribution in [0, 0.1) is 0 Å². The molecular formula is C15H12Cl2N4O4. The highest BCUT2D eigenvalue weighted by Crippen LogP contribution is 2.27. The van der Waals surface area contributed by atoms with Crippen molar-refractivity contribution in [1.29, 1.82) is 0 Å². The molecule has 0 atom stereocenters. The number of rotatable bonds is 3. The van der Waals surface area contributed by atoms with Gasteiger partial charge in [0.25, 0.3) is 5.56 Å². The molecule has 0 saturated heterocycles. The summed E-state index contributed by atoms with van der Waals surface area (Å²) in [7, 11) is 2.85. The third-order valence-electron chi connectivity index (χ3n) is 3.63. The summed E-state index contributed by atoms with van der Waals surface area (Å²) in [6.07, 6.45) is 1.30. The molecule has 25 heavy (non-hydrogen) atoms. The van der Waals surface area contributed by atoms with Gasteiger partial charge in [0.05, 0.1) is 11.3 Å². The van der Waals surface area contributed by atoms with Gasteiger partial charge in [-0.25, -0.2) is 14.6 Å². The highest BCUT2D eigenvalue weighted by Gasteiger charge is 2.17. The first-order valence-corrected chi connectivity index (χ1v) is 7.81. The molecule has 0 aliphatic carbocycles. The zero-order chi connectivity index (χ0) is 18.3. The van der Waals surface area contributed by atoms with Crippen LogP contribution in [0.15, 0.2) is 34.1 Å². The van der Waals surface area contributed by atoms with E-state index in [0.717, 1.165) is 4.57 Å². The number of benzene rings is 1. The van der Waals surface area contributed by atoms with Gasteiger partial charge >= 0.3 is 11.7 Å². The van der Waals surface area contributed by atoms with Crippen molar-refractivity contribution in [1.82, 2.24) is 18.7 Å². The lowest BCUT2D eigenvalue weighted by Crippen LogP contribution is -2.37. The number of aromatic nitrogens is 4. The fourth-order valence-electron chi connectivity index (χ4n) is 2.37. The van der Waals surface area contributed by atoms with Crippen LogP contribution >= 0.6 is 23.2 Å². The number of aryl methyl sites for hydroxylation is 1. The molecule has 0 unspecified atom stereocenters. The van der Waals surface area contributed by atoms with Crippen LogP contribution in [0.25, 0.3) is 11.2 Å². The Bertz CT molecular complexity index is 1110. The molecule has 0 amide bonds. The monoisotopic (exact) mass is 382 g/mol. The summed E-state index contributed by atoms with van der Waals surface area (Å²) in [5.41, 5.74) is -0.736. The zero-order valence-corrected chi connectivity index (χ0v) is 14.7. The maximum atomic E-state index is 12.3. The van der Waals surface area contributed by atoms with Gasteiger partial charge in [0.15, 0.2) is 11.2 Å². The average molecular weight is 383 g/mol. The number of hydrogen-bond donors (Lipinski definition) is 0. The van der Waals surface area contributed by atoms with Crippen LogP contribution < -0.4 is 16.0 Å². The Kier molecular flexibility index (Phi) is 4.40. The summed E-state index contributed by atoms with van der Waals surface area (Å²) in [4.78, 5) is 40.4. The second-order valence-electron chi connectivity index (χ2n) is 5.30. The van der Waals surface area contributed by atoms with Gasteiger partial charge in [-0.2, -0.15) is 0 Å². The normalized spacial score (nSPS) is 11.0. The molecule has 0 bridgehead atoms. The molecule has 130 valence electrons. The summed E-state index contributed by atoms with van der Waals surface area (Å²) < 4.78 is 8.69. The van der Waals surface area contributed by atoms with E-state index in [1.807, 2.05) is 0 Å². The first-order valence-electron chi connectivity index (χ1n) is 7.06. The average Bonchev–Trinajstić information content (AvgIpc) is 2.97. The Hall–Kier alpha value is -2.58. The number of halogens is 2. The van der Waals surface area contributed by atoms with Gasteiger partial charge in [-0.15, -0.1) is 0 Å². The fraction of sp³-hybridized carbons (Fsp3) is 0.200. The summed E-state index contributed by atoms with van der Waals surface area (Å²) in [6.45, 7) is -0.275. The Morgan fingerprint density at radius 1 is 1.20 bits per heavy atom. The largest absolute Gasteiger partial charge is 0.424 e. The SMILES string of the molecule is Cn1c(=O)c2c(ncn2CC(=O)Oc2ccc(Cl)cc2Cl)n(C)c1=O. The number of hydrogen-bond acceptors (Lipinski definition) is 5. The first-order chi connectivity index (χ1) is 11.8. The second-order valence-corrected chi connectivity index (χ2v) is 6.14. The molecule has 10 heteroatoms. The Morgan fingerprint density at radius 2 is 1.92 bits per heavy atom. The predicted octanol–water partition coefficient (Wildman–Crippen LogP) is 1.35. The van der Waals surface area contributed by atoms with E-state index in [-0.39, 0.29) is 28.5 Å². The Balaban J connectivity index is 1.94. The molecule has 3 aromatic rings. The van der Waals surface area contributed by atoms with Gasteiger partial charge in [-0.05, 0) is 18.2 Å². The van der Waals surface area contributed by atoms with E-state index < -0.39 is 17.2 Å². The fourth-order valence-corrected chi connectivity index (χ4v) is 2.82. The summed E-state index contributed by atoms with van der Waals surface area (Å²) in [5, 5.41) is 0.601. The molecule has 0 aliphatic rings. The predicted molar refractivity (Wildman–Crippen MR) is 92.3 cm³/mol. The lowest BCUT2D eigenvalue weighted by Gasteiger charge is -2.08. The summed E-state index contributed by atoms with van der Waals surface area (Å²) in [6, 6.07) is 4.45. The van der Waals surface area contributed by atoms with Crippen molar-refractivity contribution in [2.24, 2.45) is 14.1 Å². The van der Waals surface area contributed by atoms with E-state index in [1.54, 1.807) is 0 Å². The number of fused-ring (bicyclic) bond motifs is 1. The molecule has 3 rings (SSSR count). The number of esters is 1. The van der Waals surface area contributed by atoms with E-state index in [2.05, 4.69) is 4.98 Å². The van der Waals surface area contributed by atoms with Gasteiger partial charge < -0.3 is 9.30 Å². The molecule has 2 heterocycles. The smallest absolute Gasteiger partial charge is 0.332 e. The van der Waals surface area contributed by atoms with Crippen LogP contribution in [0.4, 0.5) is 0 Å². The maximum Gasteiger partial charge on any atom is 0.332 e. The van der Waals surface area contributed by atoms with Gasteiger partial charge in [-0.3, -0.25) is 13.9 Å². The topological polar surface area (TPSA) is 88.1 Å². The molecule has 0 spiro atoms. The highest BCUT2D eigenvalue weighted by molar-refractivity contribution is 6.35. The molecule has 0 aliphatic heterocycles. The lowest BCUT2D eigenvalue weighted by atomic mass is 10.3. The minimum absolute atomic E-state index is 0.128. The minimum Gasteiger partial charge on any atom is -0.424 e. The number of nitrogens with zero attached hydrogens (tertiary/aromatic N) is 4. The molecule has 0 fully saturated rings. The van der Waals surface area contributed by atoms with Gasteiger partial charge in [-0.1, -0.05) is 23.2 Å². The van der Waals surface area contributed by atoms with Crippen molar-refractivity contribution >= 4 is 40.3 Å². The molecule has 2 aromatic heterocycles. The van der Waals surface area contributed by atoms with Crippen LogP contribution in [0.3, 0.4) is 0 Å². The Morgan fingerprint density at radius 3 is 2.60 bits per heavy atom. The van der Waals surface area contributed by atoms with E-state index in [4.69, 9.17) is 27.9 Å². The van der Waals surface area contributed by atoms with Crippen LogP contribution in [0.2, 0.25) is 10.0 Å². The highest BCUT2D eigenvalue weighted by atomic mass is 35.5. The molecule has 0 N–H and O–H groups in total. The van der Waals surface area contributed by atoms with Crippen molar-refractivity contribution in [3.63, 3.8) is 0 Å². The van der Waals surface area contributed by atoms with E-state index >= 15 is 0 Å². The molecular weight excluding hydrogens is 371 g/mol. The number of imidazole rings is 1. The van der Waals surface area contributed by atoms with Crippen LogP contribution in [0.5, 0.6) is 5.75 Å². The van der Waals surface area contributed by atoms with E-state index in [9.17, 15) is 14.4 Å². The van der Waals surface area contributed by atoms with Crippen LogP contribution in [-0.2, 0) is 25.4 Å². The minimum atomic E-state index is -0.653. The van der Waals surface area contributed by atoms with Gasteiger partial charge in [0.2, 0.25) is 0 Å². The summed E-state index contributed by atoms with van der Waals surface area (Å²) >= 11 is 11.8. The lowest BCUT2D eigenvalue weighted by molar-refractivity contribution is -0.135. The third-order valence-corrected chi connectivity index (χ3v) is 4.16. The standard InChI is InChI=1S/C15H12Cl2N4O4/c1-19-13-12(14(23)20(2)15(19)24)21(7-18-13)6-11(22)25-10-4-3-8(16)5-9(10)17/h3-5,7H,6H2,1-2H3. The first kappa shape index (κ1) is 17.2. The van der Waals surface area contributed by atoms with Crippen molar-refractivity contribution in [2.75, 3.05) is 0 Å². The molecule has 8 nitrogen and oxygen atoms in total. The van der Waals surface area contributed by atoms with Crippen molar-refractivity contribution in [3.05, 3.63) is 55.4 Å². The second kappa shape index (κ2) is 6.38. The van der Waals surface area contributed by atoms with E-state index in [1.165, 1.54) is 47.8 Å². The van der Waals surface area contributed by atoms with Crippen LogP contribution in [0.1, 0.15) is 0 Å². The van der Waals surface area contributed by atoms with Crippen molar-refractivity contribution < 1.29 is 9.53 Å². The van der Waals surface area contributed by atoms with E-state index in [0.29, 0.717) is 5.02 Å². The molecule has 0 saturated carbocycles. The number of carbonyl (C=O) groups excluding carboxylic acids is 1. The maximum absolute atomic E-state index is 12.3. The zero-order valence-electron chi connectivity index (χ0n) is 13.2. The molecule has 1 aromatic carbocycles. The van der Waals surface area contributed by atoms with Gasteiger partial charge in [0, 0.05) is 19.1 Å². The molecule has 0 radical (unpaired) electrons.